The highest BCUT2D eigenvalue weighted by Gasteiger charge is 2.06. The second kappa shape index (κ2) is 2.09. The molecule has 0 radical (unpaired) electrons. The van der Waals surface area contributed by atoms with Crippen LogP contribution in [0.5, 0.6) is 0 Å². The lowest BCUT2D eigenvalue weighted by molar-refractivity contribution is 0.258. The van der Waals surface area contributed by atoms with Gasteiger partial charge in [0.15, 0.2) is 0 Å². The van der Waals surface area contributed by atoms with Crippen LogP contribution in [0.3, 0.4) is 0 Å². The summed E-state index contributed by atoms with van der Waals surface area (Å²) < 4.78 is 4.50. The number of hydrogen-bond acceptors (Lipinski definition) is 3. The molecule has 0 bridgehead atoms. The molecule has 0 atom stereocenters. The third-order valence-corrected chi connectivity index (χ3v) is 0.915. The monoisotopic (exact) mass is 124 g/mol. The van der Waals surface area contributed by atoms with Gasteiger partial charge in [-0.15, -0.1) is 12.6 Å². The predicted octanol–water partition coefficient (Wildman–Crippen LogP) is 1.51. The first kappa shape index (κ1) is 6.66. The summed E-state index contributed by atoms with van der Waals surface area (Å²) in [5, 5.41) is 0. The van der Waals surface area contributed by atoms with Crippen molar-refractivity contribution in [3.05, 3.63) is 0 Å². The Kier molecular flexibility index (Phi) is 2.33. The van der Waals surface area contributed by atoms with E-state index in [2.05, 4.69) is 29.7 Å². The summed E-state index contributed by atoms with van der Waals surface area (Å²) >= 11 is 7.48. The SMILES string of the molecule is CC(C)(S)OS. The van der Waals surface area contributed by atoms with E-state index in [4.69, 9.17) is 0 Å². The van der Waals surface area contributed by atoms with Crippen LogP contribution in [0.25, 0.3) is 0 Å². The van der Waals surface area contributed by atoms with E-state index >= 15 is 0 Å². The molecule has 0 N–H and O–H groups in total. The minimum Gasteiger partial charge on any atom is -0.302 e. The predicted molar refractivity (Wildman–Crippen MR) is 33.1 cm³/mol. The molecule has 0 aromatic carbocycles. The molecule has 0 fully saturated rings. The molecule has 38 valence electrons. The molecule has 0 aliphatic rings. The van der Waals surface area contributed by atoms with Crippen molar-refractivity contribution < 1.29 is 4.18 Å². The number of hydrogen-bond donors (Lipinski definition) is 2. The van der Waals surface area contributed by atoms with Crippen LogP contribution in [-0.2, 0) is 4.18 Å². The van der Waals surface area contributed by atoms with Crippen molar-refractivity contribution in [2.24, 2.45) is 0 Å². The Balaban J connectivity index is 3.17. The maximum Gasteiger partial charge on any atom is 0.119 e. The van der Waals surface area contributed by atoms with Crippen molar-refractivity contribution in [3.63, 3.8) is 0 Å². The van der Waals surface area contributed by atoms with Crippen LogP contribution in [0.2, 0.25) is 0 Å². The van der Waals surface area contributed by atoms with Crippen LogP contribution in [0.4, 0.5) is 0 Å². The summed E-state index contributed by atoms with van der Waals surface area (Å²) in [5.74, 6) is 0. The molecule has 0 rings (SSSR count). The smallest absolute Gasteiger partial charge is 0.119 e. The van der Waals surface area contributed by atoms with Crippen molar-refractivity contribution in [3.8, 4) is 0 Å². The molecule has 0 amide bonds. The molecule has 6 heavy (non-hydrogen) atoms. The fourth-order valence-corrected chi connectivity index (χ4v) is 0. The first-order valence-electron chi connectivity index (χ1n) is 1.61. The van der Waals surface area contributed by atoms with Gasteiger partial charge in [-0.2, -0.15) is 0 Å². The zero-order valence-electron chi connectivity index (χ0n) is 3.80. The highest BCUT2D eigenvalue weighted by atomic mass is 32.1. The number of rotatable bonds is 1. The van der Waals surface area contributed by atoms with Crippen molar-refractivity contribution >= 4 is 25.5 Å². The van der Waals surface area contributed by atoms with Gasteiger partial charge in [0, 0.05) is 0 Å². The van der Waals surface area contributed by atoms with E-state index in [9.17, 15) is 0 Å². The van der Waals surface area contributed by atoms with Crippen LogP contribution >= 0.6 is 25.5 Å². The molecule has 0 saturated heterocycles. The van der Waals surface area contributed by atoms with E-state index in [-0.39, 0.29) is 0 Å². The van der Waals surface area contributed by atoms with E-state index in [0.29, 0.717) is 0 Å². The molecule has 1 nitrogen and oxygen atoms in total. The third kappa shape index (κ3) is 4.66. The van der Waals surface area contributed by atoms with Crippen LogP contribution < -0.4 is 0 Å². The van der Waals surface area contributed by atoms with E-state index in [1.54, 1.807) is 0 Å². The maximum absolute atomic E-state index is 4.50. The fraction of sp³-hybridized carbons (Fsp3) is 1.00. The normalized spacial score (nSPS) is 12.0. The Morgan fingerprint density at radius 2 is 1.67 bits per heavy atom. The van der Waals surface area contributed by atoms with Gasteiger partial charge in [-0.25, -0.2) is 0 Å². The van der Waals surface area contributed by atoms with Gasteiger partial charge < -0.3 is 4.18 Å². The molecule has 3 heteroatoms. The molecule has 0 saturated carbocycles. The molecule has 0 heterocycles. The van der Waals surface area contributed by atoms with Crippen LogP contribution in [0, 0.1) is 0 Å². The van der Waals surface area contributed by atoms with Gasteiger partial charge in [0.2, 0.25) is 0 Å². The largest absolute Gasteiger partial charge is 0.302 e. The highest BCUT2D eigenvalue weighted by Crippen LogP contribution is 2.13. The summed E-state index contributed by atoms with van der Waals surface area (Å²) in [6, 6.07) is 0. The molecule has 0 spiro atoms. The average molecular weight is 124 g/mol. The summed E-state index contributed by atoms with van der Waals surface area (Å²) in [4.78, 5) is -0.400. The Morgan fingerprint density at radius 3 is 1.67 bits per heavy atom. The lowest BCUT2D eigenvalue weighted by atomic mass is 10.5. The van der Waals surface area contributed by atoms with Crippen molar-refractivity contribution in [2.45, 2.75) is 18.8 Å². The molecule has 0 aromatic heterocycles. The van der Waals surface area contributed by atoms with E-state index in [0.717, 1.165) is 0 Å². The molecular weight excluding hydrogens is 116 g/mol. The zero-order chi connectivity index (χ0) is 5.21. The minimum absolute atomic E-state index is 0.400. The van der Waals surface area contributed by atoms with Gasteiger partial charge in [0.05, 0.1) is 0 Å². The standard InChI is InChI=1S/C3H8OS2/c1-3(2,5)4-6/h5-6H,1-2H3. The summed E-state index contributed by atoms with van der Waals surface area (Å²) in [5.41, 5.74) is 0. The Labute approximate surface area is 49.1 Å². The van der Waals surface area contributed by atoms with Gasteiger partial charge in [-0.05, 0) is 26.8 Å². The molecule has 0 unspecified atom stereocenters. The van der Waals surface area contributed by atoms with Crippen molar-refractivity contribution in [1.82, 2.24) is 0 Å². The van der Waals surface area contributed by atoms with Crippen molar-refractivity contribution in [1.29, 1.82) is 0 Å². The molecule has 0 aromatic rings. The maximum atomic E-state index is 4.50. The highest BCUT2D eigenvalue weighted by molar-refractivity contribution is 7.82. The Hall–Kier alpha value is 0.660. The first-order chi connectivity index (χ1) is 2.56. The van der Waals surface area contributed by atoms with Crippen LogP contribution in [0.1, 0.15) is 13.8 Å². The third-order valence-electron chi connectivity index (χ3n) is 0.223. The summed E-state index contributed by atoms with van der Waals surface area (Å²) in [6.45, 7) is 3.62. The van der Waals surface area contributed by atoms with Gasteiger partial charge in [0.25, 0.3) is 0 Å². The van der Waals surface area contributed by atoms with Crippen molar-refractivity contribution in [2.75, 3.05) is 0 Å². The molecule has 0 aliphatic carbocycles. The Morgan fingerprint density at radius 1 is 1.50 bits per heavy atom. The van der Waals surface area contributed by atoms with E-state index < -0.39 is 4.93 Å². The fourth-order valence-electron chi connectivity index (χ4n) is 0. The van der Waals surface area contributed by atoms with Crippen LogP contribution in [-0.4, -0.2) is 4.93 Å². The summed E-state index contributed by atoms with van der Waals surface area (Å²) in [6.07, 6.45) is 0. The van der Waals surface area contributed by atoms with E-state index in [1.807, 2.05) is 13.8 Å². The van der Waals surface area contributed by atoms with Gasteiger partial charge in [0.1, 0.15) is 4.93 Å². The molecular formula is C3H8OS2. The lowest BCUT2D eigenvalue weighted by Gasteiger charge is -2.11. The molecule has 0 aliphatic heterocycles. The quantitative estimate of drug-likeness (QED) is 0.306. The van der Waals surface area contributed by atoms with Gasteiger partial charge in [-0.1, -0.05) is 0 Å². The van der Waals surface area contributed by atoms with E-state index in [1.165, 1.54) is 0 Å². The number of thiol groups is 2. The van der Waals surface area contributed by atoms with Gasteiger partial charge in [-0.3, -0.25) is 0 Å². The van der Waals surface area contributed by atoms with Crippen LogP contribution in [0.15, 0.2) is 0 Å². The first-order valence-corrected chi connectivity index (χ1v) is 2.42. The van der Waals surface area contributed by atoms with Gasteiger partial charge >= 0.3 is 0 Å². The summed E-state index contributed by atoms with van der Waals surface area (Å²) in [7, 11) is 0. The average Bonchev–Trinajstić information content (AvgIpc) is 1.35. The second-order valence-corrected chi connectivity index (χ2v) is 2.80. The Bertz CT molecular complexity index is 38.5. The zero-order valence-corrected chi connectivity index (χ0v) is 5.59. The lowest BCUT2D eigenvalue weighted by Crippen LogP contribution is -2.08. The second-order valence-electron chi connectivity index (χ2n) is 1.54. The minimum atomic E-state index is -0.400. The topological polar surface area (TPSA) is 9.23 Å².